The van der Waals surface area contributed by atoms with Gasteiger partial charge >= 0.3 is 0 Å². The molecule has 1 amide bonds. The van der Waals surface area contributed by atoms with Gasteiger partial charge in [0.25, 0.3) is 0 Å². The summed E-state index contributed by atoms with van der Waals surface area (Å²) >= 11 is 4.04. The van der Waals surface area contributed by atoms with Gasteiger partial charge in [-0.25, -0.2) is 0 Å². The molecular weight excluding hydrogens is 240 g/mol. The topological polar surface area (TPSA) is 32.3 Å². The minimum atomic E-state index is 0.0521. The van der Waals surface area contributed by atoms with Crippen molar-refractivity contribution in [3.63, 3.8) is 0 Å². The molecule has 92 valence electrons. The first-order valence-corrected chi connectivity index (χ1v) is 8.18. The highest BCUT2D eigenvalue weighted by atomic mass is 32.2. The van der Waals surface area contributed by atoms with Crippen LogP contribution in [0.1, 0.15) is 20.3 Å². The Kier molecular flexibility index (Phi) is 4.44. The highest BCUT2D eigenvalue weighted by molar-refractivity contribution is 8.06. The largest absolute Gasteiger partial charge is 0.325 e. The van der Waals surface area contributed by atoms with Gasteiger partial charge in [0.1, 0.15) is 0 Å². The molecule has 2 fully saturated rings. The van der Waals surface area contributed by atoms with Crippen molar-refractivity contribution in [1.82, 2.24) is 10.2 Å². The standard InChI is InChI=1S/C11H20N2OS2/c1-3-10-11(14)13(8(2)12-10)6-9-7-15-4-5-16-9/h8-10,12H,3-7H2,1-2H3. The van der Waals surface area contributed by atoms with Gasteiger partial charge < -0.3 is 4.90 Å². The highest BCUT2D eigenvalue weighted by Gasteiger charge is 2.36. The van der Waals surface area contributed by atoms with Crippen LogP contribution in [0.5, 0.6) is 0 Å². The third kappa shape index (κ3) is 2.68. The van der Waals surface area contributed by atoms with Gasteiger partial charge in [0.15, 0.2) is 0 Å². The summed E-state index contributed by atoms with van der Waals surface area (Å²) < 4.78 is 0. The Hall–Kier alpha value is 0.130. The van der Waals surface area contributed by atoms with Gasteiger partial charge in [-0.3, -0.25) is 10.1 Å². The second kappa shape index (κ2) is 5.65. The van der Waals surface area contributed by atoms with Crippen LogP contribution in [-0.2, 0) is 4.79 Å². The molecule has 2 heterocycles. The fourth-order valence-electron chi connectivity index (χ4n) is 2.25. The lowest BCUT2D eigenvalue weighted by molar-refractivity contribution is -0.129. The van der Waals surface area contributed by atoms with Crippen molar-refractivity contribution in [2.24, 2.45) is 0 Å². The molecule has 3 atom stereocenters. The second-order valence-corrected chi connectivity index (χ2v) is 6.92. The van der Waals surface area contributed by atoms with E-state index < -0.39 is 0 Å². The number of hydrogen-bond acceptors (Lipinski definition) is 4. The Bertz CT molecular complexity index is 256. The van der Waals surface area contributed by atoms with Crippen LogP contribution in [0.2, 0.25) is 0 Å². The van der Waals surface area contributed by atoms with Gasteiger partial charge in [0.2, 0.25) is 5.91 Å². The lowest BCUT2D eigenvalue weighted by Gasteiger charge is -2.28. The molecule has 0 saturated carbocycles. The van der Waals surface area contributed by atoms with E-state index in [1.807, 2.05) is 28.4 Å². The first-order valence-electron chi connectivity index (χ1n) is 5.98. The second-order valence-electron chi connectivity index (χ2n) is 4.36. The molecule has 1 N–H and O–H groups in total. The van der Waals surface area contributed by atoms with Crippen LogP contribution in [0, 0.1) is 0 Å². The van der Waals surface area contributed by atoms with Gasteiger partial charge in [-0.2, -0.15) is 23.5 Å². The molecule has 0 radical (unpaired) electrons. The van der Waals surface area contributed by atoms with Crippen molar-refractivity contribution >= 4 is 29.4 Å². The first-order chi connectivity index (χ1) is 7.72. The van der Waals surface area contributed by atoms with Gasteiger partial charge in [0, 0.05) is 29.1 Å². The molecule has 3 unspecified atom stereocenters. The fourth-order valence-corrected chi connectivity index (χ4v) is 4.91. The lowest BCUT2D eigenvalue weighted by Crippen LogP contribution is -2.40. The van der Waals surface area contributed by atoms with E-state index in [-0.39, 0.29) is 12.2 Å². The molecule has 0 aromatic heterocycles. The zero-order valence-corrected chi connectivity index (χ0v) is 11.6. The zero-order valence-electron chi connectivity index (χ0n) is 9.94. The quantitative estimate of drug-likeness (QED) is 0.831. The first kappa shape index (κ1) is 12.6. The molecule has 2 saturated heterocycles. The van der Waals surface area contributed by atoms with E-state index in [0.717, 1.165) is 13.0 Å². The summed E-state index contributed by atoms with van der Waals surface area (Å²) in [5.41, 5.74) is 0. The molecule has 0 aromatic carbocycles. The van der Waals surface area contributed by atoms with Crippen LogP contribution in [0.15, 0.2) is 0 Å². The molecule has 2 rings (SSSR count). The van der Waals surface area contributed by atoms with E-state index in [4.69, 9.17) is 0 Å². The van der Waals surface area contributed by atoms with Gasteiger partial charge in [-0.05, 0) is 13.3 Å². The minimum Gasteiger partial charge on any atom is -0.325 e. The van der Waals surface area contributed by atoms with Crippen LogP contribution in [0.3, 0.4) is 0 Å². The molecule has 16 heavy (non-hydrogen) atoms. The smallest absolute Gasteiger partial charge is 0.241 e. The summed E-state index contributed by atoms with van der Waals surface area (Å²) in [6, 6.07) is 0.0521. The number of hydrogen-bond donors (Lipinski definition) is 1. The Morgan fingerprint density at radius 1 is 1.50 bits per heavy atom. The van der Waals surface area contributed by atoms with Crippen molar-refractivity contribution in [2.75, 3.05) is 23.8 Å². The number of nitrogens with zero attached hydrogens (tertiary/aromatic N) is 1. The van der Waals surface area contributed by atoms with Crippen molar-refractivity contribution in [2.45, 2.75) is 37.7 Å². The normalized spacial score (nSPS) is 35.8. The van der Waals surface area contributed by atoms with Crippen LogP contribution < -0.4 is 5.32 Å². The summed E-state index contributed by atoms with van der Waals surface area (Å²) in [4.78, 5) is 14.1. The molecule has 2 aliphatic heterocycles. The number of carbonyl (C=O) groups excluding carboxylic acids is 1. The van der Waals surface area contributed by atoms with E-state index in [2.05, 4.69) is 19.2 Å². The van der Waals surface area contributed by atoms with Crippen LogP contribution in [-0.4, -0.2) is 52.1 Å². The molecule has 0 bridgehead atoms. The number of nitrogens with one attached hydrogen (secondary N) is 1. The van der Waals surface area contributed by atoms with E-state index in [9.17, 15) is 4.79 Å². The lowest BCUT2D eigenvalue weighted by atomic mass is 10.2. The maximum absolute atomic E-state index is 12.1. The molecule has 3 nitrogen and oxygen atoms in total. The van der Waals surface area contributed by atoms with Crippen LogP contribution in [0.4, 0.5) is 0 Å². The molecule has 0 spiro atoms. The molecule has 5 heteroatoms. The third-order valence-electron chi connectivity index (χ3n) is 3.18. The van der Waals surface area contributed by atoms with E-state index >= 15 is 0 Å². The Morgan fingerprint density at radius 3 is 2.88 bits per heavy atom. The van der Waals surface area contributed by atoms with Crippen molar-refractivity contribution in [3.8, 4) is 0 Å². The van der Waals surface area contributed by atoms with Gasteiger partial charge in [-0.15, -0.1) is 0 Å². The summed E-state index contributed by atoms with van der Waals surface area (Å²) in [5.74, 6) is 3.99. The molecule has 0 aromatic rings. The maximum atomic E-state index is 12.1. The summed E-state index contributed by atoms with van der Waals surface area (Å²) in [6.07, 6.45) is 1.11. The van der Waals surface area contributed by atoms with Crippen LogP contribution in [0.25, 0.3) is 0 Å². The Morgan fingerprint density at radius 2 is 2.31 bits per heavy atom. The molecule has 0 aliphatic carbocycles. The molecule has 2 aliphatic rings. The van der Waals surface area contributed by atoms with E-state index in [1.54, 1.807) is 0 Å². The SMILES string of the molecule is CCC1NC(C)N(CC2CSCCS2)C1=O. The summed E-state index contributed by atoms with van der Waals surface area (Å²) in [7, 11) is 0. The summed E-state index contributed by atoms with van der Waals surface area (Å²) in [6.45, 7) is 5.08. The monoisotopic (exact) mass is 260 g/mol. The van der Waals surface area contributed by atoms with Crippen molar-refractivity contribution < 1.29 is 4.79 Å². The van der Waals surface area contributed by atoms with Gasteiger partial charge in [0.05, 0.1) is 12.2 Å². The summed E-state index contributed by atoms with van der Waals surface area (Å²) in [5, 5.41) is 3.98. The van der Waals surface area contributed by atoms with E-state index in [1.165, 1.54) is 17.3 Å². The average molecular weight is 260 g/mol. The van der Waals surface area contributed by atoms with E-state index in [0.29, 0.717) is 11.2 Å². The minimum absolute atomic E-state index is 0.0521. The average Bonchev–Trinajstić information content (AvgIpc) is 2.58. The number of rotatable bonds is 3. The molecular formula is C11H20N2OS2. The highest BCUT2D eigenvalue weighted by Crippen LogP contribution is 2.26. The van der Waals surface area contributed by atoms with Crippen LogP contribution >= 0.6 is 23.5 Å². The number of amides is 1. The van der Waals surface area contributed by atoms with Crippen molar-refractivity contribution in [1.29, 1.82) is 0 Å². The predicted molar refractivity (Wildman–Crippen MR) is 72.0 cm³/mol. The Balaban J connectivity index is 1.90. The zero-order chi connectivity index (χ0) is 11.5. The maximum Gasteiger partial charge on any atom is 0.241 e. The Labute approximate surface area is 106 Å². The fraction of sp³-hybridized carbons (Fsp3) is 0.909. The van der Waals surface area contributed by atoms with Gasteiger partial charge in [-0.1, -0.05) is 6.92 Å². The predicted octanol–water partition coefficient (Wildman–Crippen LogP) is 1.39. The number of carbonyl (C=O) groups is 1. The number of thioether (sulfide) groups is 2. The third-order valence-corrected chi connectivity index (χ3v) is 6.01. The van der Waals surface area contributed by atoms with Crippen molar-refractivity contribution in [3.05, 3.63) is 0 Å².